The summed E-state index contributed by atoms with van der Waals surface area (Å²) in [7, 11) is 0. The highest BCUT2D eigenvalue weighted by atomic mass is 16.5. The number of nitrogens with zero attached hydrogens (tertiary/aromatic N) is 6. The zero-order valence-corrected chi connectivity index (χ0v) is 15.8. The third-order valence-electron chi connectivity index (χ3n) is 5.04. The fourth-order valence-electron chi connectivity index (χ4n) is 3.63. The first-order valence-corrected chi connectivity index (χ1v) is 9.58. The van der Waals surface area contributed by atoms with Crippen molar-refractivity contribution in [2.45, 2.75) is 32.4 Å². The number of hydrogen-bond acceptors (Lipinski definition) is 8. The minimum Gasteiger partial charge on any atom is -0.481 e. The van der Waals surface area contributed by atoms with E-state index in [1.165, 1.54) is 0 Å². The van der Waals surface area contributed by atoms with Gasteiger partial charge in [0, 0.05) is 38.7 Å². The van der Waals surface area contributed by atoms with Gasteiger partial charge in [0.1, 0.15) is 11.6 Å². The van der Waals surface area contributed by atoms with Gasteiger partial charge in [0.05, 0.1) is 37.6 Å². The minimum atomic E-state index is -0.808. The molecule has 1 fully saturated rings. The lowest BCUT2D eigenvalue weighted by molar-refractivity contribution is -0.136. The smallest absolute Gasteiger partial charge is 0.303 e. The van der Waals surface area contributed by atoms with E-state index in [2.05, 4.69) is 24.9 Å². The summed E-state index contributed by atoms with van der Waals surface area (Å²) in [4.78, 5) is 24.0. The number of rotatable bonds is 5. The average Bonchev–Trinajstić information content (AvgIpc) is 2.96. The second kappa shape index (κ2) is 8.01. The highest BCUT2D eigenvalue weighted by Gasteiger charge is 2.21. The van der Waals surface area contributed by atoms with Gasteiger partial charge in [0.15, 0.2) is 0 Å². The Bertz CT molecular complexity index is 848. The van der Waals surface area contributed by atoms with Crippen LogP contribution < -0.4 is 15.5 Å². The van der Waals surface area contributed by atoms with Crippen molar-refractivity contribution < 1.29 is 14.6 Å². The molecule has 4 rings (SSSR count). The van der Waals surface area contributed by atoms with E-state index >= 15 is 0 Å². The van der Waals surface area contributed by atoms with Crippen LogP contribution in [0.3, 0.4) is 0 Å². The third kappa shape index (κ3) is 4.16. The Hall–Kier alpha value is -2.88. The van der Waals surface area contributed by atoms with Crippen molar-refractivity contribution in [3.8, 4) is 0 Å². The van der Waals surface area contributed by atoms with Crippen LogP contribution in [0.15, 0.2) is 12.1 Å². The Kier molecular flexibility index (Phi) is 5.29. The molecule has 0 unspecified atom stereocenters. The first-order valence-electron chi connectivity index (χ1n) is 9.58. The lowest BCUT2D eigenvalue weighted by Gasteiger charge is -2.29. The van der Waals surface area contributed by atoms with Crippen LogP contribution in [0.2, 0.25) is 0 Å². The molecular weight excluding hydrogens is 362 g/mol. The number of nitrogens with two attached hydrogens (primary N) is 1. The number of nitrogen functional groups attached to an aromatic ring is 1. The van der Waals surface area contributed by atoms with Gasteiger partial charge in [0.2, 0.25) is 5.95 Å². The molecule has 2 aromatic heterocycles. The number of ether oxygens (including phenoxy) is 1. The molecule has 0 aliphatic carbocycles. The van der Waals surface area contributed by atoms with Crippen molar-refractivity contribution in [1.82, 2.24) is 19.7 Å². The standard InChI is InChI=1S/C18H25N7O3/c19-18-20-15(23-6-8-28-9-7-23)11-16(21-18)24-4-1-5-25-14(12-24)10-13(22-25)2-3-17(26)27/h10-11H,1-9,12H2,(H,26,27)(H2,19,20,21). The summed E-state index contributed by atoms with van der Waals surface area (Å²) in [5, 5.41) is 13.5. The van der Waals surface area contributed by atoms with Crippen molar-refractivity contribution in [2.24, 2.45) is 0 Å². The Labute approximate surface area is 162 Å². The molecule has 10 heteroatoms. The molecule has 0 spiro atoms. The summed E-state index contributed by atoms with van der Waals surface area (Å²) in [6.07, 6.45) is 1.45. The number of morpholine rings is 1. The van der Waals surface area contributed by atoms with Crippen LogP contribution >= 0.6 is 0 Å². The molecule has 0 atom stereocenters. The van der Waals surface area contributed by atoms with E-state index in [1.54, 1.807) is 0 Å². The van der Waals surface area contributed by atoms with Gasteiger partial charge in [-0.05, 0) is 12.5 Å². The predicted octanol–water partition coefficient (Wildman–Crippen LogP) is 0.519. The van der Waals surface area contributed by atoms with Crippen LogP contribution in [0.4, 0.5) is 17.6 Å². The first kappa shape index (κ1) is 18.5. The van der Waals surface area contributed by atoms with E-state index in [0.717, 1.165) is 55.6 Å². The van der Waals surface area contributed by atoms with Gasteiger partial charge in [0.25, 0.3) is 0 Å². The molecule has 4 heterocycles. The number of aryl methyl sites for hydroxylation is 2. The molecule has 0 aromatic carbocycles. The molecule has 0 saturated carbocycles. The minimum absolute atomic E-state index is 0.0888. The molecule has 2 aromatic rings. The highest BCUT2D eigenvalue weighted by molar-refractivity contribution is 5.67. The summed E-state index contributed by atoms with van der Waals surface area (Å²) < 4.78 is 7.39. The Morgan fingerprint density at radius 3 is 2.61 bits per heavy atom. The molecule has 3 N–H and O–H groups in total. The number of aromatic nitrogens is 4. The molecule has 150 valence electrons. The maximum Gasteiger partial charge on any atom is 0.303 e. The van der Waals surface area contributed by atoms with E-state index in [9.17, 15) is 4.79 Å². The monoisotopic (exact) mass is 387 g/mol. The summed E-state index contributed by atoms with van der Waals surface area (Å²) in [5.41, 5.74) is 7.87. The number of carbonyl (C=O) groups is 1. The van der Waals surface area contributed by atoms with Crippen LogP contribution in [0.25, 0.3) is 0 Å². The number of anilines is 3. The fourth-order valence-corrected chi connectivity index (χ4v) is 3.63. The van der Waals surface area contributed by atoms with Gasteiger partial charge in [-0.2, -0.15) is 15.1 Å². The highest BCUT2D eigenvalue weighted by Crippen LogP contribution is 2.24. The Morgan fingerprint density at radius 1 is 1.11 bits per heavy atom. The van der Waals surface area contributed by atoms with Crippen molar-refractivity contribution >= 4 is 23.6 Å². The molecule has 1 saturated heterocycles. The Balaban J connectivity index is 1.54. The van der Waals surface area contributed by atoms with Crippen molar-refractivity contribution in [3.63, 3.8) is 0 Å². The summed E-state index contributed by atoms with van der Waals surface area (Å²) in [5.74, 6) is 1.08. The molecule has 2 aliphatic rings. The first-order chi connectivity index (χ1) is 13.6. The number of hydrogen-bond donors (Lipinski definition) is 2. The molecule has 10 nitrogen and oxygen atoms in total. The van der Waals surface area contributed by atoms with Gasteiger partial charge in [-0.15, -0.1) is 0 Å². The van der Waals surface area contributed by atoms with Crippen LogP contribution in [0.1, 0.15) is 24.2 Å². The quantitative estimate of drug-likeness (QED) is 0.756. The van der Waals surface area contributed by atoms with E-state index in [1.807, 2.05) is 16.8 Å². The number of carboxylic acids is 1. The van der Waals surface area contributed by atoms with Crippen molar-refractivity contribution in [3.05, 3.63) is 23.5 Å². The number of carboxylic acid groups (broad SMARTS) is 1. The second-order valence-electron chi connectivity index (χ2n) is 7.06. The van der Waals surface area contributed by atoms with Crippen LogP contribution in [-0.2, 0) is 29.0 Å². The summed E-state index contributed by atoms with van der Waals surface area (Å²) >= 11 is 0. The van der Waals surface area contributed by atoms with E-state index in [0.29, 0.717) is 26.2 Å². The van der Waals surface area contributed by atoms with Gasteiger partial charge < -0.3 is 25.4 Å². The van der Waals surface area contributed by atoms with E-state index < -0.39 is 5.97 Å². The average molecular weight is 387 g/mol. The van der Waals surface area contributed by atoms with Gasteiger partial charge in [-0.25, -0.2) is 0 Å². The van der Waals surface area contributed by atoms with Gasteiger partial charge in [-0.1, -0.05) is 0 Å². The molecule has 0 amide bonds. The molecule has 0 bridgehead atoms. The van der Waals surface area contributed by atoms with E-state index in [4.69, 9.17) is 15.6 Å². The summed E-state index contributed by atoms with van der Waals surface area (Å²) in [6, 6.07) is 3.98. The normalized spacial score (nSPS) is 17.3. The predicted molar refractivity (Wildman–Crippen MR) is 103 cm³/mol. The summed E-state index contributed by atoms with van der Waals surface area (Å²) in [6.45, 7) is 5.23. The molecule has 28 heavy (non-hydrogen) atoms. The number of aliphatic carboxylic acids is 1. The second-order valence-corrected chi connectivity index (χ2v) is 7.06. The molecule has 0 radical (unpaired) electrons. The van der Waals surface area contributed by atoms with E-state index in [-0.39, 0.29) is 12.4 Å². The fraction of sp³-hybridized carbons (Fsp3) is 0.556. The topological polar surface area (TPSA) is 123 Å². The van der Waals surface area contributed by atoms with Crippen molar-refractivity contribution in [2.75, 3.05) is 48.4 Å². The maximum atomic E-state index is 10.8. The van der Waals surface area contributed by atoms with Crippen molar-refractivity contribution in [1.29, 1.82) is 0 Å². The third-order valence-corrected chi connectivity index (χ3v) is 5.04. The van der Waals surface area contributed by atoms with Gasteiger partial charge in [-0.3, -0.25) is 9.48 Å². The van der Waals surface area contributed by atoms with Crippen LogP contribution in [-0.4, -0.2) is 63.7 Å². The number of fused-ring (bicyclic) bond motifs is 1. The Morgan fingerprint density at radius 2 is 1.86 bits per heavy atom. The van der Waals surface area contributed by atoms with Gasteiger partial charge >= 0.3 is 5.97 Å². The SMILES string of the molecule is Nc1nc(N2CCOCC2)cc(N2CCCn3nc(CCC(=O)O)cc3C2)n1. The van der Waals surface area contributed by atoms with Crippen LogP contribution in [0, 0.1) is 0 Å². The lowest BCUT2D eigenvalue weighted by atomic mass is 10.2. The van der Waals surface area contributed by atoms with Crippen LogP contribution in [0.5, 0.6) is 0 Å². The largest absolute Gasteiger partial charge is 0.481 e. The zero-order valence-electron chi connectivity index (χ0n) is 15.8. The maximum absolute atomic E-state index is 10.8. The molecular formula is C18H25N7O3. The molecule has 2 aliphatic heterocycles. The lowest BCUT2D eigenvalue weighted by Crippen LogP contribution is -2.37. The zero-order chi connectivity index (χ0) is 19.5.